The molecule has 2 spiro atoms. The molecule has 4 saturated heterocycles. The first-order valence-corrected chi connectivity index (χ1v) is 10.1. The average Bonchev–Trinajstić information content (AvgIpc) is 3.30. The van der Waals surface area contributed by atoms with Crippen LogP contribution in [-0.4, -0.2) is 58.6 Å². The lowest BCUT2D eigenvalue weighted by Crippen LogP contribution is -2.60. The Morgan fingerprint density at radius 2 is 1.82 bits per heavy atom. The highest BCUT2D eigenvalue weighted by atomic mass is 16.8. The topological polar surface area (TPSA) is 112 Å². The number of carbonyl (C=O) groups is 2. The molecule has 2 saturated carbocycles. The second kappa shape index (κ2) is 4.58. The third-order valence-electron chi connectivity index (χ3n) is 8.94. The first kappa shape index (κ1) is 17.6. The maximum absolute atomic E-state index is 12.5. The van der Waals surface area contributed by atoms with E-state index in [1.165, 1.54) is 0 Å². The minimum Gasteiger partial charge on any atom is -0.462 e. The summed E-state index contributed by atoms with van der Waals surface area (Å²) in [5, 5.41) is 22.3. The van der Waals surface area contributed by atoms with Gasteiger partial charge in [-0.2, -0.15) is 0 Å². The lowest BCUT2D eigenvalue weighted by atomic mass is 9.52. The van der Waals surface area contributed by atoms with E-state index in [2.05, 4.69) is 20.8 Å². The molecule has 4 heterocycles. The molecule has 28 heavy (non-hydrogen) atoms. The summed E-state index contributed by atoms with van der Waals surface area (Å²) in [5.74, 6) is -2.01. The van der Waals surface area contributed by atoms with Crippen LogP contribution >= 0.6 is 0 Å². The maximum Gasteiger partial charge on any atom is 0.338 e. The largest absolute Gasteiger partial charge is 0.462 e. The summed E-state index contributed by atoms with van der Waals surface area (Å²) in [6, 6.07) is 0. The Bertz CT molecular complexity index is 805. The van der Waals surface area contributed by atoms with Crippen LogP contribution in [0.2, 0.25) is 0 Å². The second-order valence-electron chi connectivity index (χ2n) is 10.6. The van der Waals surface area contributed by atoms with Crippen molar-refractivity contribution in [3.05, 3.63) is 0 Å². The van der Waals surface area contributed by atoms with Gasteiger partial charge in [0.2, 0.25) is 6.29 Å². The van der Waals surface area contributed by atoms with Crippen LogP contribution in [0.25, 0.3) is 0 Å². The van der Waals surface area contributed by atoms with Gasteiger partial charge in [-0.1, -0.05) is 27.7 Å². The molecule has 11 atom stereocenters. The molecule has 0 aromatic carbocycles. The lowest BCUT2D eigenvalue weighted by Gasteiger charge is -2.47. The van der Waals surface area contributed by atoms with Crippen LogP contribution in [0, 0.1) is 34.0 Å². The first-order valence-electron chi connectivity index (χ1n) is 10.1. The van der Waals surface area contributed by atoms with Gasteiger partial charge in [-0.15, -0.1) is 0 Å². The van der Waals surface area contributed by atoms with E-state index < -0.39 is 65.1 Å². The van der Waals surface area contributed by atoms with E-state index in [9.17, 15) is 19.8 Å². The smallest absolute Gasteiger partial charge is 0.338 e. The zero-order valence-electron chi connectivity index (χ0n) is 16.4. The van der Waals surface area contributed by atoms with Gasteiger partial charge in [0.1, 0.15) is 11.7 Å². The summed E-state index contributed by atoms with van der Waals surface area (Å²) < 4.78 is 23.7. The predicted octanol–water partition coefficient (Wildman–Crippen LogP) is 0.337. The molecule has 0 amide bonds. The zero-order valence-corrected chi connectivity index (χ0v) is 16.4. The Morgan fingerprint density at radius 3 is 2.50 bits per heavy atom. The molecule has 2 aliphatic carbocycles. The fraction of sp³-hybridized carbons (Fsp3) is 0.900. The summed E-state index contributed by atoms with van der Waals surface area (Å²) in [4.78, 5) is 24.8. The number of aliphatic hydroxyl groups is 2. The molecule has 8 nitrogen and oxygen atoms in total. The minimum absolute atomic E-state index is 0.129. The molecule has 8 heteroatoms. The van der Waals surface area contributed by atoms with E-state index >= 15 is 0 Å². The summed E-state index contributed by atoms with van der Waals surface area (Å²) in [7, 11) is 0. The molecule has 6 aliphatic rings. The third kappa shape index (κ3) is 1.38. The Labute approximate surface area is 162 Å². The van der Waals surface area contributed by atoms with Gasteiger partial charge in [-0.25, -0.2) is 4.79 Å². The molecule has 6 rings (SSSR count). The standard InChI is InChI=1S/C20H26O8/c1-7-11-8(25-13(7)22)6-18-10-5-9(17(2,3)4)19(18)12(21)14(23)27-16(19)28-20(11,18)15(24)26-10/h7-12,15-16,21,24H,5-6H2,1-4H3/t7-,8?,9+,10?,11+,12+,15?,16?,18?,19?,20?/m1/s1. The second-order valence-corrected chi connectivity index (χ2v) is 10.6. The van der Waals surface area contributed by atoms with Gasteiger partial charge in [-0.3, -0.25) is 4.79 Å². The van der Waals surface area contributed by atoms with E-state index in [-0.39, 0.29) is 17.3 Å². The van der Waals surface area contributed by atoms with Gasteiger partial charge >= 0.3 is 11.9 Å². The molecule has 4 aliphatic heterocycles. The van der Waals surface area contributed by atoms with Crippen molar-refractivity contribution in [2.24, 2.45) is 34.0 Å². The normalized spacial score (nSPS) is 61.1. The van der Waals surface area contributed by atoms with Crippen molar-refractivity contribution in [1.82, 2.24) is 0 Å². The van der Waals surface area contributed by atoms with Crippen molar-refractivity contribution in [3.8, 4) is 0 Å². The van der Waals surface area contributed by atoms with Gasteiger partial charge < -0.3 is 29.2 Å². The molecule has 6 fully saturated rings. The molecular weight excluding hydrogens is 368 g/mol. The van der Waals surface area contributed by atoms with E-state index in [1.807, 2.05) is 0 Å². The Hall–Kier alpha value is -1.22. The number of aliphatic hydroxyl groups excluding tert-OH is 2. The lowest BCUT2D eigenvalue weighted by molar-refractivity contribution is -0.253. The molecular formula is C20H26O8. The number of hydrogen-bond acceptors (Lipinski definition) is 8. The third-order valence-corrected chi connectivity index (χ3v) is 8.94. The van der Waals surface area contributed by atoms with Gasteiger partial charge in [0.05, 0.1) is 17.4 Å². The van der Waals surface area contributed by atoms with Crippen LogP contribution < -0.4 is 0 Å². The molecule has 0 radical (unpaired) electrons. The molecule has 0 aromatic heterocycles. The van der Waals surface area contributed by atoms with E-state index in [1.54, 1.807) is 6.92 Å². The Balaban J connectivity index is 1.64. The fourth-order valence-corrected chi connectivity index (χ4v) is 8.31. The van der Waals surface area contributed by atoms with Crippen molar-refractivity contribution < 1.29 is 38.7 Å². The predicted molar refractivity (Wildman–Crippen MR) is 90.2 cm³/mol. The molecule has 0 aromatic rings. The van der Waals surface area contributed by atoms with Crippen molar-refractivity contribution in [2.75, 3.05) is 0 Å². The van der Waals surface area contributed by atoms with Crippen LogP contribution in [0.3, 0.4) is 0 Å². The van der Waals surface area contributed by atoms with Crippen LogP contribution in [-0.2, 0) is 28.5 Å². The highest BCUT2D eigenvalue weighted by Gasteiger charge is 2.96. The fourth-order valence-electron chi connectivity index (χ4n) is 8.31. The monoisotopic (exact) mass is 394 g/mol. The highest BCUT2D eigenvalue weighted by molar-refractivity contribution is 5.80. The molecule has 0 bridgehead atoms. The SMILES string of the molecule is C[C@H]1C(=O)OC2CC34C5C[C@@H](C(C)(C)C)C36C(OC(=O)[C@@H]6O)OC4(C(O)O5)[C@H]21. The number of rotatable bonds is 0. The quantitative estimate of drug-likeness (QED) is 0.566. The van der Waals surface area contributed by atoms with Crippen molar-refractivity contribution in [2.45, 2.75) is 77.0 Å². The summed E-state index contributed by atoms with van der Waals surface area (Å²) >= 11 is 0. The van der Waals surface area contributed by atoms with Crippen molar-refractivity contribution in [3.63, 3.8) is 0 Å². The Morgan fingerprint density at radius 1 is 1.11 bits per heavy atom. The zero-order chi connectivity index (χ0) is 20.0. The van der Waals surface area contributed by atoms with Crippen molar-refractivity contribution in [1.29, 1.82) is 0 Å². The van der Waals surface area contributed by atoms with Crippen LogP contribution in [0.15, 0.2) is 0 Å². The molecule has 7 unspecified atom stereocenters. The molecule has 2 N–H and O–H groups in total. The summed E-state index contributed by atoms with van der Waals surface area (Å²) in [6.45, 7) is 8.01. The minimum atomic E-state index is -1.37. The van der Waals surface area contributed by atoms with Gasteiger partial charge in [0.25, 0.3) is 0 Å². The number of hydrogen-bond donors (Lipinski definition) is 2. The van der Waals surface area contributed by atoms with E-state index in [0.717, 1.165) is 0 Å². The van der Waals surface area contributed by atoms with Crippen LogP contribution in [0.4, 0.5) is 0 Å². The number of fused-ring (bicyclic) bond motifs is 1. The maximum atomic E-state index is 12.5. The first-order chi connectivity index (χ1) is 13.0. The van der Waals surface area contributed by atoms with Crippen LogP contribution in [0.5, 0.6) is 0 Å². The van der Waals surface area contributed by atoms with Gasteiger partial charge in [0.15, 0.2) is 12.4 Å². The Kier molecular flexibility index (Phi) is 2.88. The van der Waals surface area contributed by atoms with Crippen LogP contribution in [0.1, 0.15) is 40.5 Å². The van der Waals surface area contributed by atoms with E-state index in [0.29, 0.717) is 12.8 Å². The summed E-state index contributed by atoms with van der Waals surface area (Å²) in [5.41, 5.74) is -3.39. The molecule has 154 valence electrons. The van der Waals surface area contributed by atoms with Crippen molar-refractivity contribution >= 4 is 11.9 Å². The van der Waals surface area contributed by atoms with Gasteiger partial charge in [0, 0.05) is 11.3 Å². The van der Waals surface area contributed by atoms with Gasteiger partial charge in [-0.05, 0) is 24.2 Å². The number of ether oxygens (including phenoxy) is 4. The highest BCUT2D eigenvalue weighted by Crippen LogP contribution is 2.84. The van der Waals surface area contributed by atoms with E-state index in [4.69, 9.17) is 18.9 Å². The number of esters is 2. The summed E-state index contributed by atoms with van der Waals surface area (Å²) in [6.07, 6.45) is -3.46. The average molecular weight is 394 g/mol. The number of carbonyl (C=O) groups excluding carboxylic acids is 2.